The average Bonchev–Trinajstić information content (AvgIpc) is 3.11. The van der Waals surface area contributed by atoms with Crippen LogP contribution < -0.4 is 5.32 Å². The van der Waals surface area contributed by atoms with E-state index < -0.39 is 5.97 Å². The van der Waals surface area contributed by atoms with Gasteiger partial charge in [-0.25, -0.2) is 4.79 Å². The van der Waals surface area contributed by atoms with Gasteiger partial charge in [0.2, 0.25) is 5.91 Å². The van der Waals surface area contributed by atoms with Gasteiger partial charge in [-0.1, -0.05) is 24.3 Å². The van der Waals surface area contributed by atoms with Crippen molar-refractivity contribution in [3.8, 4) is 0 Å². The Bertz CT molecular complexity index is 692. The van der Waals surface area contributed by atoms with Crippen LogP contribution in [0.4, 0.5) is 0 Å². The number of amides is 1. The molecule has 0 radical (unpaired) electrons. The van der Waals surface area contributed by atoms with Crippen LogP contribution in [0.5, 0.6) is 0 Å². The molecule has 1 aliphatic rings. The molecule has 108 valence electrons. The third kappa shape index (κ3) is 2.83. The smallest absolute Gasteiger partial charge is 0.345 e. The number of fused-ring (bicyclic) bond motifs is 1. The molecule has 0 saturated carbocycles. The van der Waals surface area contributed by atoms with Gasteiger partial charge in [0.15, 0.2) is 0 Å². The van der Waals surface area contributed by atoms with E-state index in [-0.39, 0.29) is 11.8 Å². The summed E-state index contributed by atoms with van der Waals surface area (Å²) in [5.74, 6) is -0.993. The number of aromatic carboxylic acids is 1. The van der Waals surface area contributed by atoms with Gasteiger partial charge in [-0.3, -0.25) is 4.79 Å². The van der Waals surface area contributed by atoms with Crippen molar-refractivity contribution in [3.05, 3.63) is 57.3 Å². The minimum Gasteiger partial charge on any atom is -0.477 e. The highest BCUT2D eigenvalue weighted by Crippen LogP contribution is 2.32. The lowest BCUT2D eigenvalue weighted by atomic mass is 10.0. The molecular formula is C16H15NO3S. The van der Waals surface area contributed by atoms with Crippen molar-refractivity contribution >= 4 is 23.2 Å². The van der Waals surface area contributed by atoms with Crippen LogP contribution in [0, 0.1) is 0 Å². The summed E-state index contributed by atoms with van der Waals surface area (Å²) in [5.41, 5.74) is 2.37. The van der Waals surface area contributed by atoms with Gasteiger partial charge >= 0.3 is 5.97 Å². The monoisotopic (exact) mass is 301 g/mol. The van der Waals surface area contributed by atoms with Crippen molar-refractivity contribution in [1.82, 2.24) is 5.32 Å². The fraction of sp³-hybridized carbons (Fsp3) is 0.250. The molecule has 4 nitrogen and oxygen atoms in total. The molecule has 2 aromatic rings. The quantitative estimate of drug-likeness (QED) is 0.912. The van der Waals surface area contributed by atoms with Gasteiger partial charge in [-0.15, -0.1) is 11.3 Å². The zero-order chi connectivity index (χ0) is 14.8. The van der Waals surface area contributed by atoms with Crippen LogP contribution in [0.15, 0.2) is 36.4 Å². The number of rotatable bonds is 4. The SMILES string of the molecule is O=C(O)c1ccc(CNC(=O)C2CCc3ccccc32)s1. The predicted octanol–water partition coefficient (Wildman–Crippen LogP) is 2.79. The number of hydrogen-bond acceptors (Lipinski definition) is 3. The maximum atomic E-state index is 12.3. The molecular weight excluding hydrogens is 286 g/mol. The van der Waals surface area contributed by atoms with Gasteiger partial charge in [0, 0.05) is 4.88 Å². The Morgan fingerprint density at radius 2 is 2.05 bits per heavy atom. The van der Waals surface area contributed by atoms with Gasteiger partial charge in [-0.2, -0.15) is 0 Å². The van der Waals surface area contributed by atoms with E-state index in [1.165, 1.54) is 16.9 Å². The zero-order valence-corrected chi connectivity index (χ0v) is 12.2. The van der Waals surface area contributed by atoms with E-state index >= 15 is 0 Å². The summed E-state index contributed by atoms with van der Waals surface area (Å²) in [4.78, 5) is 24.3. The molecule has 0 fully saturated rings. The average molecular weight is 301 g/mol. The molecule has 0 spiro atoms. The highest BCUT2D eigenvalue weighted by atomic mass is 32.1. The second-order valence-electron chi connectivity index (χ2n) is 5.08. The molecule has 0 aliphatic heterocycles. The van der Waals surface area contributed by atoms with E-state index in [1.54, 1.807) is 12.1 Å². The highest BCUT2D eigenvalue weighted by Gasteiger charge is 2.27. The fourth-order valence-corrected chi connectivity index (χ4v) is 3.50. The normalized spacial score (nSPS) is 16.5. The third-order valence-corrected chi connectivity index (χ3v) is 4.83. The first-order valence-electron chi connectivity index (χ1n) is 6.82. The predicted molar refractivity (Wildman–Crippen MR) is 80.6 cm³/mol. The summed E-state index contributed by atoms with van der Waals surface area (Å²) >= 11 is 1.20. The van der Waals surface area contributed by atoms with Gasteiger partial charge in [0.25, 0.3) is 0 Å². The van der Waals surface area contributed by atoms with E-state index in [1.807, 2.05) is 18.2 Å². The number of carbonyl (C=O) groups is 2. The standard InChI is InChI=1S/C16H15NO3S/c18-15(13-7-5-10-3-1-2-4-12(10)13)17-9-11-6-8-14(21-11)16(19)20/h1-4,6,8,13H,5,7,9H2,(H,17,18)(H,19,20). The Kier molecular flexibility index (Phi) is 3.75. The summed E-state index contributed by atoms with van der Waals surface area (Å²) in [6, 6.07) is 11.4. The minimum atomic E-state index is -0.928. The second-order valence-corrected chi connectivity index (χ2v) is 6.25. The van der Waals surface area contributed by atoms with Crippen LogP contribution in [-0.2, 0) is 17.8 Å². The highest BCUT2D eigenvalue weighted by molar-refractivity contribution is 7.13. The fourth-order valence-electron chi connectivity index (χ4n) is 2.71. The number of benzene rings is 1. The Hall–Kier alpha value is -2.14. The molecule has 1 amide bonds. The largest absolute Gasteiger partial charge is 0.477 e. The molecule has 0 saturated heterocycles. The van der Waals surface area contributed by atoms with E-state index in [4.69, 9.17) is 5.11 Å². The van der Waals surface area contributed by atoms with Crippen LogP contribution in [0.2, 0.25) is 0 Å². The maximum Gasteiger partial charge on any atom is 0.345 e. The number of aryl methyl sites for hydroxylation is 1. The summed E-state index contributed by atoms with van der Waals surface area (Å²) in [6.45, 7) is 0.384. The first-order chi connectivity index (χ1) is 10.1. The first-order valence-corrected chi connectivity index (χ1v) is 7.64. The van der Waals surface area contributed by atoms with Gasteiger partial charge in [0.05, 0.1) is 12.5 Å². The van der Waals surface area contributed by atoms with Crippen molar-refractivity contribution < 1.29 is 14.7 Å². The molecule has 1 aromatic heterocycles. The van der Waals surface area contributed by atoms with Gasteiger partial charge < -0.3 is 10.4 Å². The van der Waals surface area contributed by atoms with Crippen molar-refractivity contribution in [2.45, 2.75) is 25.3 Å². The van der Waals surface area contributed by atoms with Crippen molar-refractivity contribution in [2.24, 2.45) is 0 Å². The Balaban J connectivity index is 1.63. The Labute approximate surface area is 126 Å². The number of carboxylic acid groups (broad SMARTS) is 1. The topological polar surface area (TPSA) is 66.4 Å². The number of hydrogen-bond donors (Lipinski definition) is 2. The van der Waals surface area contributed by atoms with E-state index in [0.29, 0.717) is 11.4 Å². The second kappa shape index (κ2) is 5.69. The molecule has 1 heterocycles. The molecule has 0 bridgehead atoms. The minimum absolute atomic E-state index is 0.0187. The molecule has 1 unspecified atom stereocenters. The summed E-state index contributed by atoms with van der Waals surface area (Å²) < 4.78 is 0. The molecule has 1 aliphatic carbocycles. The van der Waals surface area contributed by atoms with Crippen LogP contribution in [-0.4, -0.2) is 17.0 Å². The van der Waals surface area contributed by atoms with Crippen molar-refractivity contribution in [3.63, 3.8) is 0 Å². The van der Waals surface area contributed by atoms with E-state index in [2.05, 4.69) is 11.4 Å². The van der Waals surface area contributed by atoms with Crippen molar-refractivity contribution in [2.75, 3.05) is 0 Å². The van der Waals surface area contributed by atoms with E-state index in [0.717, 1.165) is 23.3 Å². The van der Waals surface area contributed by atoms with Crippen LogP contribution >= 0.6 is 11.3 Å². The van der Waals surface area contributed by atoms with Gasteiger partial charge in [0.1, 0.15) is 4.88 Å². The lowest BCUT2D eigenvalue weighted by Gasteiger charge is -2.11. The molecule has 1 aromatic carbocycles. The number of carboxylic acids is 1. The van der Waals surface area contributed by atoms with Gasteiger partial charge in [-0.05, 0) is 36.1 Å². The Morgan fingerprint density at radius 1 is 1.24 bits per heavy atom. The third-order valence-electron chi connectivity index (χ3n) is 3.76. The molecule has 5 heteroatoms. The maximum absolute atomic E-state index is 12.3. The zero-order valence-electron chi connectivity index (χ0n) is 11.3. The van der Waals surface area contributed by atoms with Crippen LogP contribution in [0.1, 0.15) is 38.0 Å². The number of carbonyl (C=O) groups excluding carboxylic acids is 1. The number of nitrogens with one attached hydrogen (secondary N) is 1. The summed E-state index contributed by atoms with van der Waals surface area (Å²) in [5, 5.41) is 11.8. The molecule has 3 rings (SSSR count). The lowest BCUT2D eigenvalue weighted by molar-refractivity contribution is -0.122. The molecule has 21 heavy (non-hydrogen) atoms. The molecule has 1 atom stereocenters. The number of thiophene rings is 1. The summed E-state index contributed by atoms with van der Waals surface area (Å²) in [6.07, 6.45) is 1.78. The van der Waals surface area contributed by atoms with Crippen molar-refractivity contribution in [1.29, 1.82) is 0 Å². The van der Waals surface area contributed by atoms with Crippen LogP contribution in [0.3, 0.4) is 0 Å². The Morgan fingerprint density at radius 3 is 2.81 bits per heavy atom. The van der Waals surface area contributed by atoms with Crippen LogP contribution in [0.25, 0.3) is 0 Å². The van der Waals surface area contributed by atoms with E-state index in [9.17, 15) is 9.59 Å². The first kappa shape index (κ1) is 13.8. The summed E-state index contributed by atoms with van der Waals surface area (Å²) in [7, 11) is 0. The lowest BCUT2D eigenvalue weighted by Crippen LogP contribution is -2.27. The molecule has 2 N–H and O–H groups in total.